The van der Waals surface area contributed by atoms with E-state index in [9.17, 15) is 0 Å². The van der Waals surface area contributed by atoms with Gasteiger partial charge < -0.3 is 10.4 Å². The van der Waals surface area contributed by atoms with Gasteiger partial charge in [0.05, 0.1) is 18.2 Å². The molecule has 2 N–H and O–H groups in total. The molecule has 1 unspecified atom stereocenters. The Morgan fingerprint density at radius 1 is 1.82 bits per heavy atom. The Hall–Kier alpha value is -0.450. The number of nitrogens with one attached hydrogen (secondary N) is 1. The fraction of sp³-hybridized carbons (Fsp3) is 0.571. The van der Waals surface area contributed by atoms with E-state index in [4.69, 9.17) is 5.11 Å². The molecule has 1 aromatic rings. The number of aliphatic hydroxyl groups excluding tert-OH is 1. The van der Waals surface area contributed by atoms with E-state index >= 15 is 0 Å². The highest BCUT2D eigenvalue weighted by molar-refractivity contribution is 7.09. The van der Waals surface area contributed by atoms with Crippen molar-refractivity contribution < 1.29 is 5.11 Å². The van der Waals surface area contributed by atoms with Crippen molar-refractivity contribution in [3.63, 3.8) is 0 Å². The van der Waals surface area contributed by atoms with Gasteiger partial charge in [-0.15, -0.1) is 11.3 Å². The van der Waals surface area contributed by atoms with Crippen LogP contribution in [-0.4, -0.2) is 23.2 Å². The minimum absolute atomic E-state index is 0.0625. The lowest BCUT2D eigenvalue weighted by molar-refractivity contribution is 0.248. The maximum atomic E-state index is 8.95. The van der Waals surface area contributed by atoms with E-state index in [0.29, 0.717) is 0 Å². The molecular weight excluding hydrogens is 160 g/mol. The maximum Gasteiger partial charge on any atom is 0.0794 e. The molecule has 0 radical (unpaired) electrons. The second-order valence-corrected chi connectivity index (χ2v) is 3.11. The van der Waals surface area contributed by atoms with Crippen LogP contribution in [0.5, 0.6) is 0 Å². The third-order valence-corrected chi connectivity index (χ3v) is 2.32. The van der Waals surface area contributed by atoms with Crippen LogP contribution in [-0.2, 0) is 0 Å². The number of aromatic nitrogens is 1. The first-order valence-corrected chi connectivity index (χ1v) is 4.49. The number of hydrogen-bond acceptors (Lipinski definition) is 4. The summed E-state index contributed by atoms with van der Waals surface area (Å²) in [7, 11) is 0. The zero-order valence-electron chi connectivity index (χ0n) is 6.45. The van der Waals surface area contributed by atoms with Gasteiger partial charge in [-0.25, -0.2) is 0 Å². The zero-order valence-corrected chi connectivity index (χ0v) is 7.27. The highest BCUT2D eigenvalue weighted by atomic mass is 32.1. The molecule has 0 amide bonds. The van der Waals surface area contributed by atoms with Crippen LogP contribution in [0.25, 0.3) is 0 Å². The van der Waals surface area contributed by atoms with Gasteiger partial charge in [-0.3, -0.25) is 4.98 Å². The molecule has 0 aromatic carbocycles. The summed E-state index contributed by atoms with van der Waals surface area (Å²) >= 11 is 1.56. The topological polar surface area (TPSA) is 45.1 Å². The van der Waals surface area contributed by atoms with Gasteiger partial charge in [-0.05, 0) is 6.54 Å². The molecule has 0 bridgehead atoms. The van der Waals surface area contributed by atoms with E-state index in [1.807, 2.05) is 6.92 Å². The number of rotatable bonds is 4. The summed E-state index contributed by atoms with van der Waals surface area (Å²) in [5.41, 5.74) is 1.77. The molecule has 0 saturated heterocycles. The van der Waals surface area contributed by atoms with E-state index in [1.165, 1.54) is 0 Å². The number of hydrogen-bond donors (Lipinski definition) is 2. The van der Waals surface area contributed by atoms with Gasteiger partial charge in [0.15, 0.2) is 0 Å². The van der Waals surface area contributed by atoms with Gasteiger partial charge in [0.25, 0.3) is 0 Å². The molecule has 0 fully saturated rings. The van der Waals surface area contributed by atoms with Crippen molar-refractivity contribution in [3.8, 4) is 0 Å². The van der Waals surface area contributed by atoms with Crippen LogP contribution in [0, 0.1) is 0 Å². The van der Waals surface area contributed by atoms with Gasteiger partial charge >= 0.3 is 0 Å². The average Bonchev–Trinajstić information content (AvgIpc) is 2.52. The summed E-state index contributed by atoms with van der Waals surface area (Å²) in [6, 6.07) is 0.0625. The molecule has 1 heterocycles. The Kier molecular flexibility index (Phi) is 3.48. The van der Waals surface area contributed by atoms with Crippen LogP contribution in [0.1, 0.15) is 17.8 Å². The van der Waals surface area contributed by atoms with E-state index in [2.05, 4.69) is 10.3 Å². The number of likely N-dealkylation sites (N-methyl/N-ethyl adjacent to an activating group) is 1. The van der Waals surface area contributed by atoms with Gasteiger partial charge in [0.1, 0.15) is 0 Å². The largest absolute Gasteiger partial charge is 0.394 e. The van der Waals surface area contributed by atoms with Gasteiger partial charge in [-0.2, -0.15) is 0 Å². The molecule has 0 spiro atoms. The van der Waals surface area contributed by atoms with E-state index < -0.39 is 0 Å². The third kappa shape index (κ3) is 2.25. The van der Waals surface area contributed by atoms with Crippen LogP contribution >= 0.6 is 11.3 Å². The van der Waals surface area contributed by atoms with Crippen LogP contribution in [0.2, 0.25) is 0 Å². The molecule has 0 saturated carbocycles. The molecule has 1 rings (SSSR count). The quantitative estimate of drug-likeness (QED) is 0.705. The summed E-state index contributed by atoms with van der Waals surface area (Å²) in [6.45, 7) is 3.02. The normalized spacial score (nSPS) is 13.3. The lowest BCUT2D eigenvalue weighted by Crippen LogP contribution is -2.22. The van der Waals surface area contributed by atoms with Crippen molar-refractivity contribution >= 4 is 11.3 Å². The van der Waals surface area contributed by atoms with Crippen LogP contribution in [0.15, 0.2) is 11.7 Å². The fourth-order valence-electron chi connectivity index (χ4n) is 0.899. The molecule has 1 aromatic heterocycles. The Morgan fingerprint density at radius 2 is 2.64 bits per heavy atom. The Balaban J connectivity index is 2.56. The first-order chi connectivity index (χ1) is 5.38. The molecule has 3 nitrogen and oxygen atoms in total. The van der Waals surface area contributed by atoms with Crippen molar-refractivity contribution in [2.24, 2.45) is 0 Å². The van der Waals surface area contributed by atoms with Crippen molar-refractivity contribution in [2.75, 3.05) is 13.2 Å². The minimum Gasteiger partial charge on any atom is -0.394 e. The van der Waals surface area contributed by atoms with E-state index in [0.717, 1.165) is 11.4 Å². The minimum atomic E-state index is 0.0625. The van der Waals surface area contributed by atoms with E-state index in [1.54, 1.807) is 23.0 Å². The number of aliphatic hydroxyl groups is 1. The molecule has 1 atom stereocenters. The monoisotopic (exact) mass is 172 g/mol. The number of nitrogens with zero attached hydrogens (tertiary/aromatic N) is 1. The summed E-state index contributed by atoms with van der Waals surface area (Å²) < 4.78 is 0. The third-order valence-electron chi connectivity index (χ3n) is 1.43. The summed E-state index contributed by atoms with van der Waals surface area (Å²) in [5.74, 6) is 0. The molecular formula is C7H12N2OS. The molecule has 0 aliphatic carbocycles. The molecule has 11 heavy (non-hydrogen) atoms. The zero-order chi connectivity index (χ0) is 8.10. The van der Waals surface area contributed by atoms with E-state index in [-0.39, 0.29) is 12.6 Å². The Bertz CT molecular complexity index is 188. The molecule has 0 aliphatic rings. The van der Waals surface area contributed by atoms with Crippen molar-refractivity contribution in [1.82, 2.24) is 10.3 Å². The van der Waals surface area contributed by atoms with Crippen LogP contribution in [0.4, 0.5) is 0 Å². The summed E-state index contributed by atoms with van der Waals surface area (Å²) in [4.78, 5) is 5.03. The maximum absolute atomic E-state index is 8.95. The Labute approximate surface area is 70.1 Å². The predicted octanol–water partition coefficient (Wildman–Crippen LogP) is 0.786. The van der Waals surface area contributed by atoms with Crippen LogP contribution in [0.3, 0.4) is 0 Å². The predicted molar refractivity (Wildman–Crippen MR) is 45.6 cm³/mol. The smallest absolute Gasteiger partial charge is 0.0794 e. The molecule has 4 heteroatoms. The van der Waals surface area contributed by atoms with Crippen molar-refractivity contribution in [3.05, 3.63) is 16.6 Å². The fourth-order valence-corrected chi connectivity index (χ4v) is 1.59. The highest BCUT2D eigenvalue weighted by Gasteiger charge is 2.08. The lowest BCUT2D eigenvalue weighted by Gasteiger charge is -2.11. The van der Waals surface area contributed by atoms with Crippen molar-refractivity contribution in [2.45, 2.75) is 13.0 Å². The van der Waals surface area contributed by atoms with Gasteiger partial charge in [-0.1, -0.05) is 6.92 Å². The lowest BCUT2D eigenvalue weighted by atomic mass is 10.3. The standard InChI is InChI=1S/C7H12N2OS/c1-2-9-6(4-10)7-3-8-5-11-7/h3,5-6,9-10H,2,4H2,1H3. The van der Waals surface area contributed by atoms with Crippen LogP contribution < -0.4 is 5.32 Å². The SMILES string of the molecule is CCNC(CO)c1cncs1. The molecule has 62 valence electrons. The van der Waals surface area contributed by atoms with Gasteiger partial charge in [0.2, 0.25) is 0 Å². The van der Waals surface area contributed by atoms with Crippen molar-refractivity contribution in [1.29, 1.82) is 0 Å². The Morgan fingerprint density at radius 3 is 3.09 bits per heavy atom. The average molecular weight is 172 g/mol. The molecule has 0 aliphatic heterocycles. The van der Waals surface area contributed by atoms with Gasteiger partial charge in [0, 0.05) is 11.1 Å². The summed E-state index contributed by atoms with van der Waals surface area (Å²) in [6.07, 6.45) is 1.79. The summed E-state index contributed by atoms with van der Waals surface area (Å²) in [5, 5.41) is 12.1. The first kappa shape index (κ1) is 8.64. The second-order valence-electron chi connectivity index (χ2n) is 2.20. The number of thiazole rings is 1. The highest BCUT2D eigenvalue weighted by Crippen LogP contribution is 2.15. The second kappa shape index (κ2) is 4.43. The first-order valence-electron chi connectivity index (χ1n) is 3.61.